The summed E-state index contributed by atoms with van der Waals surface area (Å²) in [5.41, 5.74) is 8.34. The molecule has 0 aliphatic rings. The minimum absolute atomic E-state index is 0.164. The van der Waals surface area contributed by atoms with Crippen molar-refractivity contribution in [2.24, 2.45) is 5.73 Å². The highest BCUT2D eigenvalue weighted by Crippen LogP contribution is 2.38. The van der Waals surface area contributed by atoms with Crippen LogP contribution in [0.1, 0.15) is 26.9 Å². The Bertz CT molecular complexity index is 497. The Balaban J connectivity index is 2.38. The summed E-state index contributed by atoms with van der Waals surface area (Å²) in [6, 6.07) is 1.87. The lowest BCUT2D eigenvalue weighted by Crippen LogP contribution is -2.08. The number of aryl methyl sites for hydroxylation is 2. The second kappa shape index (κ2) is 4.67. The Morgan fingerprint density at radius 1 is 1.25 bits per heavy atom. The van der Waals surface area contributed by atoms with Crippen LogP contribution in [0, 0.1) is 13.8 Å². The van der Waals surface area contributed by atoms with Crippen molar-refractivity contribution < 1.29 is 0 Å². The van der Waals surface area contributed by atoms with E-state index in [1.165, 1.54) is 11.3 Å². The molecular formula is C11H11Cl2NS2. The van der Waals surface area contributed by atoms with Crippen molar-refractivity contribution >= 4 is 45.9 Å². The van der Waals surface area contributed by atoms with Gasteiger partial charge in [0.05, 0.1) is 15.4 Å². The van der Waals surface area contributed by atoms with Crippen molar-refractivity contribution in [2.75, 3.05) is 0 Å². The summed E-state index contributed by atoms with van der Waals surface area (Å²) in [4.78, 5) is 2.07. The normalized spacial score (nSPS) is 13.1. The van der Waals surface area contributed by atoms with Gasteiger partial charge in [0.1, 0.15) is 0 Å². The molecule has 0 radical (unpaired) electrons. The van der Waals surface area contributed by atoms with Gasteiger partial charge in [-0.1, -0.05) is 23.2 Å². The lowest BCUT2D eigenvalue weighted by molar-refractivity contribution is 0.915. The molecule has 0 amide bonds. The summed E-state index contributed by atoms with van der Waals surface area (Å²) in [5, 5.41) is 2.80. The molecule has 0 saturated heterocycles. The molecule has 0 spiro atoms. The molecule has 5 heteroatoms. The second-order valence-corrected chi connectivity index (χ2v) is 6.66. The van der Waals surface area contributed by atoms with E-state index in [-0.39, 0.29) is 6.04 Å². The predicted molar refractivity (Wildman–Crippen MR) is 74.2 cm³/mol. The van der Waals surface area contributed by atoms with Crippen LogP contribution in [0.4, 0.5) is 0 Å². The highest BCUT2D eigenvalue weighted by Gasteiger charge is 2.18. The summed E-state index contributed by atoms with van der Waals surface area (Å²) in [6.07, 6.45) is 0. The zero-order valence-corrected chi connectivity index (χ0v) is 12.0. The van der Waals surface area contributed by atoms with Crippen LogP contribution in [0.15, 0.2) is 11.4 Å². The molecule has 0 aliphatic heterocycles. The Morgan fingerprint density at radius 2 is 1.94 bits per heavy atom. The van der Waals surface area contributed by atoms with E-state index in [2.05, 4.69) is 0 Å². The monoisotopic (exact) mass is 291 g/mol. The van der Waals surface area contributed by atoms with Crippen molar-refractivity contribution in [3.05, 3.63) is 41.7 Å². The van der Waals surface area contributed by atoms with Crippen LogP contribution in [0.25, 0.3) is 0 Å². The largest absolute Gasteiger partial charge is 0.319 e. The van der Waals surface area contributed by atoms with Crippen LogP contribution in [0.2, 0.25) is 9.36 Å². The maximum absolute atomic E-state index is 6.20. The average molecular weight is 292 g/mol. The minimum atomic E-state index is -0.164. The van der Waals surface area contributed by atoms with Crippen LogP contribution >= 0.6 is 45.9 Å². The Kier molecular flexibility index (Phi) is 3.62. The molecule has 0 bridgehead atoms. The van der Waals surface area contributed by atoms with E-state index >= 15 is 0 Å². The number of hydrogen-bond acceptors (Lipinski definition) is 3. The quantitative estimate of drug-likeness (QED) is 0.846. The van der Waals surface area contributed by atoms with E-state index < -0.39 is 0 Å². The molecule has 0 fully saturated rings. The molecule has 2 N–H and O–H groups in total. The van der Waals surface area contributed by atoms with Gasteiger partial charge in [-0.3, -0.25) is 0 Å². The molecule has 0 aliphatic carbocycles. The summed E-state index contributed by atoms with van der Waals surface area (Å²) in [6.45, 7) is 3.97. The lowest BCUT2D eigenvalue weighted by atomic mass is 10.2. The van der Waals surface area contributed by atoms with Gasteiger partial charge in [-0.25, -0.2) is 0 Å². The van der Waals surface area contributed by atoms with Gasteiger partial charge in [0.15, 0.2) is 0 Å². The van der Waals surface area contributed by atoms with Gasteiger partial charge in [0.25, 0.3) is 0 Å². The lowest BCUT2D eigenvalue weighted by Gasteiger charge is -2.07. The summed E-state index contributed by atoms with van der Waals surface area (Å²) in [7, 11) is 0. The third kappa shape index (κ3) is 2.15. The highest BCUT2D eigenvalue weighted by molar-refractivity contribution is 7.16. The number of rotatable bonds is 2. The van der Waals surface area contributed by atoms with Crippen LogP contribution in [-0.2, 0) is 0 Å². The molecular weight excluding hydrogens is 281 g/mol. The molecule has 1 nitrogen and oxygen atoms in total. The first-order chi connectivity index (χ1) is 7.50. The van der Waals surface area contributed by atoms with Gasteiger partial charge in [-0.2, -0.15) is 0 Å². The number of thiophene rings is 2. The summed E-state index contributed by atoms with van der Waals surface area (Å²) >= 11 is 15.4. The van der Waals surface area contributed by atoms with Crippen molar-refractivity contribution in [1.82, 2.24) is 0 Å². The van der Waals surface area contributed by atoms with Gasteiger partial charge in [-0.05, 0) is 36.4 Å². The van der Waals surface area contributed by atoms with Gasteiger partial charge in [-0.15, -0.1) is 22.7 Å². The first-order valence-electron chi connectivity index (χ1n) is 4.75. The zero-order valence-electron chi connectivity index (χ0n) is 8.88. The molecule has 1 unspecified atom stereocenters. The maximum atomic E-state index is 6.20. The number of hydrogen-bond donors (Lipinski definition) is 1. The van der Waals surface area contributed by atoms with Crippen molar-refractivity contribution in [1.29, 1.82) is 0 Å². The first-order valence-corrected chi connectivity index (χ1v) is 7.20. The second-order valence-electron chi connectivity index (χ2n) is 3.68. The minimum Gasteiger partial charge on any atom is -0.319 e. The molecule has 16 heavy (non-hydrogen) atoms. The third-order valence-electron chi connectivity index (χ3n) is 2.39. The van der Waals surface area contributed by atoms with Crippen LogP contribution in [-0.4, -0.2) is 0 Å². The van der Waals surface area contributed by atoms with Crippen LogP contribution < -0.4 is 5.73 Å². The van der Waals surface area contributed by atoms with E-state index in [4.69, 9.17) is 28.9 Å². The number of nitrogens with two attached hydrogens (primary N) is 1. The van der Waals surface area contributed by atoms with E-state index in [9.17, 15) is 0 Å². The molecule has 0 saturated carbocycles. The van der Waals surface area contributed by atoms with Gasteiger partial charge in [0, 0.05) is 9.75 Å². The van der Waals surface area contributed by atoms with Gasteiger partial charge in [0.2, 0.25) is 0 Å². The SMILES string of the molecule is Cc1cc(C(N)c2scc(C)c2Cl)sc1Cl. The van der Waals surface area contributed by atoms with Gasteiger partial charge < -0.3 is 5.73 Å². The van der Waals surface area contributed by atoms with Crippen LogP contribution in [0.5, 0.6) is 0 Å². The highest BCUT2D eigenvalue weighted by atomic mass is 35.5. The van der Waals surface area contributed by atoms with E-state index in [0.717, 1.165) is 30.2 Å². The molecule has 86 valence electrons. The molecule has 2 aromatic rings. The topological polar surface area (TPSA) is 26.0 Å². The molecule has 2 aromatic heterocycles. The fraction of sp³-hybridized carbons (Fsp3) is 0.273. The van der Waals surface area contributed by atoms with E-state index in [1.54, 1.807) is 11.3 Å². The Hall–Kier alpha value is -0.0600. The third-order valence-corrected chi connectivity index (χ3v) is 5.83. The van der Waals surface area contributed by atoms with Crippen LogP contribution in [0.3, 0.4) is 0 Å². The fourth-order valence-corrected chi connectivity index (χ4v) is 4.06. The van der Waals surface area contributed by atoms with E-state index in [0.29, 0.717) is 0 Å². The van der Waals surface area contributed by atoms with Crippen molar-refractivity contribution in [3.8, 4) is 0 Å². The number of halogens is 2. The maximum Gasteiger partial charge on any atom is 0.0961 e. The van der Waals surface area contributed by atoms with Crippen molar-refractivity contribution in [3.63, 3.8) is 0 Å². The summed E-state index contributed by atoms with van der Waals surface area (Å²) < 4.78 is 0.801. The smallest absolute Gasteiger partial charge is 0.0961 e. The summed E-state index contributed by atoms with van der Waals surface area (Å²) in [5.74, 6) is 0. The first kappa shape index (κ1) is 12.4. The standard InChI is InChI=1S/C11H11Cl2NS2/c1-5-3-7(16-11(5)13)9(14)10-8(12)6(2)4-15-10/h3-4,9H,14H2,1-2H3. The fourth-order valence-electron chi connectivity index (χ4n) is 1.43. The Labute approximate surface area is 113 Å². The molecule has 2 rings (SSSR count). The average Bonchev–Trinajstić information content (AvgIpc) is 2.73. The molecule has 1 atom stereocenters. The van der Waals surface area contributed by atoms with E-state index in [1.807, 2.05) is 25.3 Å². The Morgan fingerprint density at radius 3 is 2.38 bits per heavy atom. The van der Waals surface area contributed by atoms with Gasteiger partial charge >= 0.3 is 0 Å². The zero-order chi connectivity index (χ0) is 11.9. The molecule has 2 heterocycles. The van der Waals surface area contributed by atoms with Crippen molar-refractivity contribution in [2.45, 2.75) is 19.9 Å². The molecule has 0 aromatic carbocycles. The predicted octanol–water partition coefficient (Wildman–Crippen LogP) is 4.78.